The number of aromatic amines is 1. The van der Waals surface area contributed by atoms with Crippen LogP contribution in [0, 0.1) is 6.92 Å². The Morgan fingerprint density at radius 1 is 0.970 bits per heavy atom. The number of carbonyl (C=O) groups is 1. The van der Waals surface area contributed by atoms with Gasteiger partial charge in [-0.15, -0.1) is 0 Å². The van der Waals surface area contributed by atoms with Crippen LogP contribution >= 0.6 is 0 Å². The summed E-state index contributed by atoms with van der Waals surface area (Å²) in [5.41, 5.74) is 3.75. The number of rotatable bonds is 6. The Morgan fingerprint density at radius 2 is 1.73 bits per heavy atom. The van der Waals surface area contributed by atoms with Crippen molar-refractivity contribution in [3.05, 3.63) is 112 Å². The lowest BCUT2D eigenvalue weighted by molar-refractivity contribution is -0.111. The molecule has 0 saturated carbocycles. The van der Waals surface area contributed by atoms with E-state index in [1.165, 1.54) is 6.07 Å². The lowest BCUT2D eigenvalue weighted by Gasteiger charge is -2.12. The van der Waals surface area contributed by atoms with Gasteiger partial charge in [0.05, 0.1) is 7.11 Å². The van der Waals surface area contributed by atoms with Crippen LogP contribution in [0.25, 0.3) is 23.0 Å². The van der Waals surface area contributed by atoms with Gasteiger partial charge >= 0.3 is 0 Å². The maximum atomic E-state index is 13.4. The topological polar surface area (TPSA) is 84.1 Å². The number of H-pyrrole nitrogens is 1. The predicted octanol–water partition coefficient (Wildman–Crippen LogP) is 4.93. The van der Waals surface area contributed by atoms with Gasteiger partial charge in [-0.1, -0.05) is 60.7 Å². The van der Waals surface area contributed by atoms with Gasteiger partial charge in [-0.25, -0.2) is 4.98 Å². The average molecular weight is 437 g/mol. The third-order valence-corrected chi connectivity index (χ3v) is 5.03. The molecule has 164 valence electrons. The Balaban J connectivity index is 1.70. The minimum atomic E-state index is -0.269. The van der Waals surface area contributed by atoms with Crippen LogP contribution in [0.1, 0.15) is 16.8 Å². The van der Waals surface area contributed by atoms with Crippen LogP contribution in [0.5, 0.6) is 5.75 Å². The molecule has 0 radical (unpaired) electrons. The maximum absolute atomic E-state index is 13.4. The van der Waals surface area contributed by atoms with E-state index >= 15 is 0 Å². The Morgan fingerprint density at radius 3 is 2.48 bits per heavy atom. The summed E-state index contributed by atoms with van der Waals surface area (Å²) in [6.45, 7) is 1.76. The number of hydrogen-bond acceptors (Lipinski definition) is 4. The number of nitrogens with zero attached hydrogens (tertiary/aromatic N) is 1. The number of carbonyl (C=O) groups excluding carboxylic acids is 1. The fourth-order valence-corrected chi connectivity index (χ4v) is 3.50. The normalized spacial score (nSPS) is 11.2. The molecule has 0 unspecified atom stereocenters. The number of anilines is 1. The Labute approximate surface area is 191 Å². The van der Waals surface area contributed by atoms with Crippen molar-refractivity contribution in [2.24, 2.45) is 0 Å². The summed E-state index contributed by atoms with van der Waals surface area (Å²) in [5, 5.41) is 2.97. The molecule has 0 bridgehead atoms. The summed E-state index contributed by atoms with van der Waals surface area (Å²) in [6, 6.07) is 25.6. The number of ether oxygens (including phenoxy) is 1. The van der Waals surface area contributed by atoms with Crippen molar-refractivity contribution >= 4 is 23.2 Å². The zero-order chi connectivity index (χ0) is 23.2. The van der Waals surface area contributed by atoms with E-state index in [0.717, 1.165) is 11.1 Å². The van der Waals surface area contributed by atoms with Gasteiger partial charge < -0.3 is 15.0 Å². The quantitative estimate of drug-likeness (QED) is 0.331. The van der Waals surface area contributed by atoms with Gasteiger partial charge in [0.15, 0.2) is 0 Å². The van der Waals surface area contributed by atoms with E-state index in [-0.39, 0.29) is 11.5 Å². The third kappa shape index (κ3) is 5.25. The third-order valence-electron chi connectivity index (χ3n) is 5.03. The van der Waals surface area contributed by atoms with E-state index in [1.807, 2.05) is 66.7 Å². The summed E-state index contributed by atoms with van der Waals surface area (Å²) >= 11 is 0. The zero-order valence-corrected chi connectivity index (χ0v) is 18.3. The predicted molar refractivity (Wildman–Crippen MR) is 131 cm³/mol. The van der Waals surface area contributed by atoms with E-state index < -0.39 is 0 Å². The number of para-hydroxylation sites is 1. The first-order chi connectivity index (χ1) is 16.0. The number of methoxy groups -OCH3 is 1. The van der Waals surface area contributed by atoms with Crippen LogP contribution in [0.4, 0.5) is 5.69 Å². The summed E-state index contributed by atoms with van der Waals surface area (Å²) in [5.74, 6) is 0.856. The molecule has 6 heteroatoms. The largest absolute Gasteiger partial charge is 0.496 e. The fourth-order valence-electron chi connectivity index (χ4n) is 3.50. The molecule has 1 heterocycles. The Kier molecular flexibility index (Phi) is 6.45. The SMILES string of the molecule is COc1ccccc1C=C(C(=O)Nc1cccc(-c2nc(C)cc(=O)[nH]2)c1)c1ccccc1. The van der Waals surface area contributed by atoms with Gasteiger partial charge in [-0.3, -0.25) is 9.59 Å². The second-order valence-electron chi connectivity index (χ2n) is 7.44. The van der Waals surface area contributed by atoms with E-state index in [0.29, 0.717) is 34.1 Å². The molecule has 4 aromatic rings. The van der Waals surface area contributed by atoms with Crippen LogP contribution in [0.2, 0.25) is 0 Å². The van der Waals surface area contributed by atoms with Gasteiger partial charge in [-0.2, -0.15) is 0 Å². The van der Waals surface area contributed by atoms with Crippen LogP contribution in [-0.2, 0) is 4.79 Å². The fraction of sp³-hybridized carbons (Fsp3) is 0.0741. The average Bonchev–Trinajstić information content (AvgIpc) is 2.83. The first-order valence-corrected chi connectivity index (χ1v) is 10.4. The van der Waals surface area contributed by atoms with E-state index in [1.54, 1.807) is 32.2 Å². The van der Waals surface area contributed by atoms with Gasteiger partial charge in [-0.05, 0) is 36.8 Å². The molecule has 0 saturated heterocycles. The van der Waals surface area contributed by atoms with Crippen LogP contribution in [-0.4, -0.2) is 23.0 Å². The minimum Gasteiger partial charge on any atom is -0.496 e. The smallest absolute Gasteiger partial charge is 0.256 e. The zero-order valence-electron chi connectivity index (χ0n) is 18.3. The first kappa shape index (κ1) is 21.8. The first-order valence-electron chi connectivity index (χ1n) is 10.4. The van der Waals surface area contributed by atoms with Gasteiger partial charge in [0.1, 0.15) is 11.6 Å². The molecule has 6 nitrogen and oxygen atoms in total. The second-order valence-corrected chi connectivity index (χ2v) is 7.44. The molecular weight excluding hydrogens is 414 g/mol. The molecular formula is C27H23N3O3. The summed E-state index contributed by atoms with van der Waals surface area (Å²) < 4.78 is 5.45. The Hall–Kier alpha value is -4.45. The number of amides is 1. The van der Waals surface area contributed by atoms with Crippen molar-refractivity contribution in [3.8, 4) is 17.1 Å². The number of hydrogen-bond donors (Lipinski definition) is 2. The van der Waals surface area contributed by atoms with Crippen molar-refractivity contribution < 1.29 is 9.53 Å². The highest BCUT2D eigenvalue weighted by atomic mass is 16.5. The lowest BCUT2D eigenvalue weighted by atomic mass is 10.0. The van der Waals surface area contributed by atoms with Crippen molar-refractivity contribution in [3.63, 3.8) is 0 Å². The lowest BCUT2D eigenvalue weighted by Crippen LogP contribution is -2.14. The molecule has 0 fully saturated rings. The summed E-state index contributed by atoms with van der Waals surface area (Å²) in [6.07, 6.45) is 1.81. The molecule has 0 atom stereocenters. The molecule has 0 aliphatic carbocycles. The number of aryl methyl sites for hydroxylation is 1. The van der Waals surface area contributed by atoms with E-state index in [9.17, 15) is 9.59 Å². The van der Waals surface area contributed by atoms with Crippen molar-refractivity contribution in [2.75, 3.05) is 12.4 Å². The highest BCUT2D eigenvalue weighted by molar-refractivity contribution is 6.29. The van der Waals surface area contributed by atoms with Gasteiger partial charge in [0.2, 0.25) is 0 Å². The van der Waals surface area contributed by atoms with Crippen LogP contribution in [0.3, 0.4) is 0 Å². The number of benzene rings is 3. The molecule has 1 aromatic heterocycles. The van der Waals surface area contributed by atoms with Crippen LogP contribution < -0.4 is 15.6 Å². The molecule has 0 aliphatic heterocycles. The molecule has 4 rings (SSSR count). The van der Waals surface area contributed by atoms with Crippen molar-refractivity contribution in [1.29, 1.82) is 0 Å². The van der Waals surface area contributed by atoms with E-state index in [4.69, 9.17) is 4.74 Å². The highest BCUT2D eigenvalue weighted by Crippen LogP contribution is 2.26. The highest BCUT2D eigenvalue weighted by Gasteiger charge is 2.14. The van der Waals surface area contributed by atoms with Crippen LogP contribution in [0.15, 0.2) is 89.7 Å². The van der Waals surface area contributed by atoms with Gasteiger partial charge in [0, 0.05) is 34.1 Å². The summed E-state index contributed by atoms with van der Waals surface area (Å²) in [7, 11) is 1.60. The molecule has 33 heavy (non-hydrogen) atoms. The van der Waals surface area contributed by atoms with Gasteiger partial charge in [0.25, 0.3) is 11.5 Å². The van der Waals surface area contributed by atoms with Crippen molar-refractivity contribution in [1.82, 2.24) is 9.97 Å². The molecule has 0 spiro atoms. The maximum Gasteiger partial charge on any atom is 0.256 e. The number of aromatic nitrogens is 2. The molecule has 0 aliphatic rings. The molecule has 2 N–H and O–H groups in total. The number of nitrogens with one attached hydrogen (secondary N) is 2. The van der Waals surface area contributed by atoms with Crippen molar-refractivity contribution in [2.45, 2.75) is 6.92 Å². The molecule has 1 amide bonds. The Bertz CT molecular complexity index is 1370. The summed E-state index contributed by atoms with van der Waals surface area (Å²) in [4.78, 5) is 32.3. The monoisotopic (exact) mass is 437 g/mol. The standard InChI is InChI=1S/C27H23N3O3/c1-18-15-25(31)30-26(28-18)21-12-8-13-22(16-21)29-27(32)23(19-9-4-3-5-10-19)17-20-11-6-7-14-24(20)33-2/h3-17H,1-2H3,(H,29,32)(H,28,30,31). The van der Waals surface area contributed by atoms with E-state index in [2.05, 4.69) is 15.3 Å². The minimum absolute atomic E-state index is 0.224. The second kappa shape index (κ2) is 9.78. The molecule has 3 aromatic carbocycles.